The maximum atomic E-state index is 14.2. The van der Waals surface area contributed by atoms with Crippen LogP contribution in [0.15, 0.2) is 30.7 Å². The molecule has 30 heavy (non-hydrogen) atoms. The van der Waals surface area contributed by atoms with E-state index in [0.717, 1.165) is 37.7 Å². The summed E-state index contributed by atoms with van der Waals surface area (Å²) in [6.07, 6.45) is 3.34. The first kappa shape index (κ1) is 20.5. The lowest BCUT2D eigenvalue weighted by Crippen LogP contribution is -2.51. The number of hydrogen-bond donors (Lipinski definition) is 1. The zero-order valence-corrected chi connectivity index (χ0v) is 17.8. The molecule has 2 aliphatic rings. The minimum atomic E-state index is -0.414. The summed E-state index contributed by atoms with van der Waals surface area (Å²) in [7, 11) is 0. The number of nitrogens with zero attached hydrogens (tertiary/aromatic N) is 5. The van der Waals surface area contributed by atoms with Crippen molar-refractivity contribution in [3.8, 4) is 0 Å². The van der Waals surface area contributed by atoms with E-state index >= 15 is 0 Å². The van der Waals surface area contributed by atoms with Crippen molar-refractivity contribution >= 4 is 23.1 Å². The molecule has 0 aliphatic carbocycles. The Kier molecular flexibility index (Phi) is 5.85. The molecule has 0 unspecified atom stereocenters. The molecule has 0 spiro atoms. The summed E-state index contributed by atoms with van der Waals surface area (Å²) in [6.45, 7) is 10.9. The van der Waals surface area contributed by atoms with Gasteiger partial charge in [0.2, 0.25) is 0 Å². The molecule has 0 radical (unpaired) electrons. The van der Waals surface area contributed by atoms with Gasteiger partial charge in [0, 0.05) is 51.2 Å². The van der Waals surface area contributed by atoms with Gasteiger partial charge < -0.3 is 20.0 Å². The van der Waals surface area contributed by atoms with Gasteiger partial charge in [-0.3, -0.25) is 4.79 Å². The molecule has 0 bridgehead atoms. The summed E-state index contributed by atoms with van der Waals surface area (Å²) in [5, 5.41) is 3.31. The second kappa shape index (κ2) is 8.55. The largest absolute Gasteiger partial charge is 0.353 e. The number of hydrogen-bond acceptors (Lipinski definition) is 6. The highest BCUT2D eigenvalue weighted by Crippen LogP contribution is 2.38. The van der Waals surface area contributed by atoms with Gasteiger partial charge >= 0.3 is 0 Å². The average molecular weight is 413 g/mol. The molecule has 2 aliphatic heterocycles. The molecule has 4 rings (SSSR count). The molecule has 1 N–H and O–H groups in total. The molecule has 7 nitrogen and oxygen atoms in total. The number of halogens is 1. The molecule has 0 saturated carbocycles. The number of aromatic nitrogens is 2. The third kappa shape index (κ3) is 3.84. The Morgan fingerprint density at radius 2 is 2.10 bits per heavy atom. The number of carbonyl (C=O) groups excluding carboxylic acids is 1. The van der Waals surface area contributed by atoms with Crippen LogP contribution < -0.4 is 15.1 Å². The highest BCUT2D eigenvalue weighted by atomic mass is 19.1. The van der Waals surface area contributed by atoms with Gasteiger partial charge in [-0.2, -0.15) is 0 Å². The van der Waals surface area contributed by atoms with Gasteiger partial charge in [-0.25, -0.2) is 14.4 Å². The zero-order valence-electron chi connectivity index (χ0n) is 17.8. The summed E-state index contributed by atoms with van der Waals surface area (Å²) < 4.78 is 14.2. The molecular formula is C22H29FN6O. The molecule has 3 heterocycles. The SMILES string of the molecule is CCN(C(=O)c1cc(F)ccc1N1CCN(CC2CNC2)c2ncncc21)C(C)C. The Balaban J connectivity index is 1.71. The van der Waals surface area contributed by atoms with Gasteiger partial charge in [0.15, 0.2) is 5.82 Å². The van der Waals surface area contributed by atoms with Crippen molar-refractivity contribution in [1.29, 1.82) is 0 Å². The second-order valence-corrected chi connectivity index (χ2v) is 8.20. The third-order valence-corrected chi connectivity index (χ3v) is 5.91. The summed E-state index contributed by atoms with van der Waals surface area (Å²) in [4.78, 5) is 28.1. The summed E-state index contributed by atoms with van der Waals surface area (Å²) in [6, 6.07) is 4.48. The maximum Gasteiger partial charge on any atom is 0.256 e. The molecule has 2 aromatic rings. The first-order valence-corrected chi connectivity index (χ1v) is 10.6. The van der Waals surface area contributed by atoms with Crippen LogP contribution in [0.1, 0.15) is 31.1 Å². The Morgan fingerprint density at radius 3 is 2.77 bits per heavy atom. The van der Waals surface area contributed by atoms with Gasteiger partial charge in [0.1, 0.15) is 17.8 Å². The maximum absolute atomic E-state index is 14.2. The minimum absolute atomic E-state index is 0.0298. The molecule has 0 atom stereocenters. The van der Waals surface area contributed by atoms with E-state index < -0.39 is 5.82 Å². The molecule has 8 heteroatoms. The summed E-state index contributed by atoms with van der Waals surface area (Å²) in [5.41, 5.74) is 1.92. The van der Waals surface area contributed by atoms with E-state index in [2.05, 4.69) is 20.2 Å². The predicted octanol–water partition coefficient (Wildman–Crippen LogP) is 2.66. The number of benzene rings is 1. The topological polar surface area (TPSA) is 64.6 Å². The number of carbonyl (C=O) groups is 1. The number of amides is 1. The zero-order chi connectivity index (χ0) is 21.3. The Morgan fingerprint density at radius 1 is 1.30 bits per heavy atom. The fourth-order valence-corrected chi connectivity index (χ4v) is 4.23. The van der Waals surface area contributed by atoms with E-state index in [-0.39, 0.29) is 11.9 Å². The van der Waals surface area contributed by atoms with Crippen LogP contribution in [0.4, 0.5) is 21.6 Å². The molecule has 160 valence electrons. The molecule has 1 aromatic carbocycles. The fraction of sp³-hybridized carbons (Fsp3) is 0.500. The quantitative estimate of drug-likeness (QED) is 0.787. The number of nitrogens with one attached hydrogen (secondary N) is 1. The van der Waals surface area contributed by atoms with Crippen LogP contribution in [0.5, 0.6) is 0 Å². The van der Waals surface area contributed by atoms with Crippen LogP contribution in [0.2, 0.25) is 0 Å². The second-order valence-electron chi connectivity index (χ2n) is 8.20. The molecule has 1 fully saturated rings. The van der Waals surface area contributed by atoms with Crippen LogP contribution in [-0.4, -0.2) is 66.1 Å². The smallest absolute Gasteiger partial charge is 0.256 e. The van der Waals surface area contributed by atoms with E-state index in [0.29, 0.717) is 30.3 Å². The normalized spacial score (nSPS) is 16.4. The van der Waals surface area contributed by atoms with Crippen LogP contribution in [0.25, 0.3) is 0 Å². The molecule has 1 saturated heterocycles. The van der Waals surface area contributed by atoms with Gasteiger partial charge in [-0.1, -0.05) is 0 Å². The van der Waals surface area contributed by atoms with Crippen LogP contribution in [0, 0.1) is 11.7 Å². The number of anilines is 3. The number of rotatable bonds is 6. The highest BCUT2D eigenvalue weighted by molar-refractivity contribution is 6.01. The number of fused-ring (bicyclic) bond motifs is 1. The van der Waals surface area contributed by atoms with Crippen molar-refractivity contribution in [3.05, 3.63) is 42.1 Å². The van der Waals surface area contributed by atoms with Crippen molar-refractivity contribution in [2.75, 3.05) is 49.1 Å². The molecular weight excluding hydrogens is 383 g/mol. The molecule has 1 amide bonds. The van der Waals surface area contributed by atoms with E-state index in [1.54, 1.807) is 23.5 Å². The van der Waals surface area contributed by atoms with E-state index in [9.17, 15) is 9.18 Å². The van der Waals surface area contributed by atoms with Crippen molar-refractivity contribution in [3.63, 3.8) is 0 Å². The summed E-state index contributed by atoms with van der Waals surface area (Å²) >= 11 is 0. The van der Waals surface area contributed by atoms with Crippen molar-refractivity contribution < 1.29 is 9.18 Å². The monoisotopic (exact) mass is 412 g/mol. The Labute approximate surface area is 176 Å². The molecule has 1 aromatic heterocycles. The van der Waals surface area contributed by atoms with Crippen molar-refractivity contribution in [1.82, 2.24) is 20.2 Å². The lowest BCUT2D eigenvalue weighted by Gasteiger charge is -2.41. The Hall–Kier alpha value is -2.74. The van der Waals surface area contributed by atoms with Crippen LogP contribution in [-0.2, 0) is 0 Å². The van der Waals surface area contributed by atoms with Gasteiger partial charge in [0.25, 0.3) is 5.91 Å². The van der Waals surface area contributed by atoms with Crippen molar-refractivity contribution in [2.45, 2.75) is 26.8 Å². The summed E-state index contributed by atoms with van der Waals surface area (Å²) in [5.74, 6) is 0.902. The first-order chi connectivity index (χ1) is 14.5. The predicted molar refractivity (Wildman–Crippen MR) is 116 cm³/mol. The van der Waals surface area contributed by atoms with E-state index in [4.69, 9.17) is 0 Å². The van der Waals surface area contributed by atoms with Crippen molar-refractivity contribution in [2.24, 2.45) is 5.92 Å². The average Bonchev–Trinajstić information content (AvgIpc) is 2.71. The van der Waals surface area contributed by atoms with Gasteiger partial charge in [-0.05, 0) is 39.0 Å². The Bertz CT molecular complexity index is 916. The van der Waals surface area contributed by atoms with E-state index in [1.165, 1.54) is 12.1 Å². The standard InChI is InChI=1S/C22H29FN6O/c1-4-28(15(2)3)22(30)18-9-17(23)5-6-19(18)29-8-7-27(13-16-10-24-11-16)21-20(29)12-25-14-26-21/h5-6,9,12,14-16,24H,4,7-8,10-11,13H2,1-3H3. The fourth-order valence-electron chi connectivity index (χ4n) is 4.23. The lowest BCUT2D eigenvalue weighted by molar-refractivity contribution is 0.0717. The highest BCUT2D eigenvalue weighted by Gasteiger charge is 2.31. The van der Waals surface area contributed by atoms with Gasteiger partial charge in [0.05, 0.1) is 17.4 Å². The minimum Gasteiger partial charge on any atom is -0.353 e. The first-order valence-electron chi connectivity index (χ1n) is 10.6. The van der Waals surface area contributed by atoms with Crippen LogP contribution >= 0.6 is 0 Å². The van der Waals surface area contributed by atoms with Gasteiger partial charge in [-0.15, -0.1) is 0 Å². The van der Waals surface area contributed by atoms with Crippen LogP contribution in [0.3, 0.4) is 0 Å². The van der Waals surface area contributed by atoms with E-state index in [1.807, 2.05) is 25.7 Å². The third-order valence-electron chi connectivity index (χ3n) is 5.91. The lowest BCUT2D eigenvalue weighted by atomic mass is 10.0.